The maximum atomic E-state index is 11.6. The summed E-state index contributed by atoms with van der Waals surface area (Å²) in [5.41, 5.74) is -1.49. The number of hydrogen-bond donors (Lipinski definition) is 4. The SMILES string of the molecule is O=C(O)/C(=C(\C(=O)O)c1ccccc1O)c1ccccc1O. The highest BCUT2D eigenvalue weighted by atomic mass is 16.4. The van der Waals surface area contributed by atoms with Gasteiger partial charge >= 0.3 is 11.9 Å². The summed E-state index contributed by atoms with van der Waals surface area (Å²) in [7, 11) is 0. The molecule has 22 heavy (non-hydrogen) atoms. The highest BCUT2D eigenvalue weighted by molar-refractivity contribution is 6.37. The van der Waals surface area contributed by atoms with Crippen LogP contribution in [0.1, 0.15) is 11.1 Å². The van der Waals surface area contributed by atoms with Crippen molar-refractivity contribution in [2.45, 2.75) is 0 Å². The van der Waals surface area contributed by atoms with E-state index in [1.807, 2.05) is 0 Å². The fourth-order valence-electron chi connectivity index (χ4n) is 2.08. The highest BCUT2D eigenvalue weighted by Crippen LogP contribution is 2.35. The van der Waals surface area contributed by atoms with E-state index in [0.29, 0.717) is 0 Å². The van der Waals surface area contributed by atoms with Crippen molar-refractivity contribution in [1.29, 1.82) is 0 Å². The van der Waals surface area contributed by atoms with Crippen molar-refractivity contribution < 1.29 is 30.0 Å². The molecule has 0 saturated heterocycles. The molecule has 0 amide bonds. The van der Waals surface area contributed by atoms with E-state index >= 15 is 0 Å². The number of benzene rings is 2. The number of para-hydroxylation sites is 2. The third-order valence-corrected chi connectivity index (χ3v) is 3.02. The number of phenols is 2. The van der Waals surface area contributed by atoms with E-state index in [1.165, 1.54) is 48.5 Å². The second kappa shape index (κ2) is 6.01. The van der Waals surface area contributed by atoms with Gasteiger partial charge in [0.2, 0.25) is 0 Å². The van der Waals surface area contributed by atoms with Crippen molar-refractivity contribution in [3.05, 3.63) is 59.7 Å². The quantitative estimate of drug-likeness (QED) is 0.508. The van der Waals surface area contributed by atoms with Crippen LogP contribution < -0.4 is 0 Å². The lowest BCUT2D eigenvalue weighted by atomic mass is 9.93. The Morgan fingerprint density at radius 3 is 1.23 bits per heavy atom. The number of aliphatic carboxylic acids is 2. The molecule has 0 unspecified atom stereocenters. The summed E-state index contributed by atoms with van der Waals surface area (Å²) in [5, 5.41) is 38.5. The van der Waals surface area contributed by atoms with E-state index in [9.17, 15) is 30.0 Å². The summed E-state index contributed by atoms with van der Waals surface area (Å²) in [5.74, 6) is -3.78. The minimum atomic E-state index is -1.53. The molecule has 2 rings (SSSR count). The van der Waals surface area contributed by atoms with Gasteiger partial charge in [0.05, 0.1) is 11.1 Å². The van der Waals surface area contributed by atoms with Crippen molar-refractivity contribution >= 4 is 23.1 Å². The molecule has 0 spiro atoms. The average molecular weight is 300 g/mol. The molecule has 0 aromatic heterocycles. The molecular formula is C16H12O6. The summed E-state index contributed by atoms with van der Waals surface area (Å²) >= 11 is 0. The molecule has 0 bridgehead atoms. The second-order valence-electron chi connectivity index (χ2n) is 4.39. The molecule has 6 heteroatoms. The Balaban J connectivity index is 2.87. The van der Waals surface area contributed by atoms with Crippen LogP contribution in [0.2, 0.25) is 0 Å². The van der Waals surface area contributed by atoms with E-state index in [4.69, 9.17) is 0 Å². The van der Waals surface area contributed by atoms with Crippen LogP contribution in [0.3, 0.4) is 0 Å². The van der Waals surface area contributed by atoms with E-state index in [2.05, 4.69) is 0 Å². The topological polar surface area (TPSA) is 115 Å². The van der Waals surface area contributed by atoms with Gasteiger partial charge in [0.15, 0.2) is 0 Å². The normalized spacial score (nSPS) is 11.6. The fourth-order valence-corrected chi connectivity index (χ4v) is 2.08. The van der Waals surface area contributed by atoms with Crippen LogP contribution in [0.4, 0.5) is 0 Å². The van der Waals surface area contributed by atoms with Crippen molar-refractivity contribution in [2.24, 2.45) is 0 Å². The zero-order valence-corrected chi connectivity index (χ0v) is 11.2. The molecule has 0 atom stereocenters. The Bertz CT molecular complexity index is 710. The highest BCUT2D eigenvalue weighted by Gasteiger charge is 2.26. The van der Waals surface area contributed by atoms with Crippen molar-refractivity contribution in [3.63, 3.8) is 0 Å². The van der Waals surface area contributed by atoms with Gasteiger partial charge in [0.1, 0.15) is 11.5 Å². The largest absolute Gasteiger partial charge is 0.507 e. The minimum Gasteiger partial charge on any atom is -0.507 e. The Kier molecular flexibility index (Phi) is 4.13. The summed E-state index contributed by atoms with van der Waals surface area (Å²) < 4.78 is 0. The molecule has 0 fully saturated rings. The van der Waals surface area contributed by atoms with Gasteiger partial charge in [-0.15, -0.1) is 0 Å². The maximum absolute atomic E-state index is 11.6. The number of rotatable bonds is 4. The average Bonchev–Trinajstić information content (AvgIpc) is 2.46. The lowest BCUT2D eigenvalue weighted by molar-refractivity contribution is -0.132. The molecule has 0 aliphatic carbocycles. The van der Waals surface area contributed by atoms with Gasteiger partial charge in [-0.05, 0) is 12.1 Å². The fraction of sp³-hybridized carbons (Fsp3) is 0. The molecule has 6 nitrogen and oxygen atoms in total. The van der Waals surface area contributed by atoms with Gasteiger partial charge in [-0.25, -0.2) is 9.59 Å². The van der Waals surface area contributed by atoms with Gasteiger partial charge in [-0.1, -0.05) is 36.4 Å². The first kappa shape index (κ1) is 15.1. The molecule has 0 aliphatic heterocycles. The molecule has 0 aliphatic rings. The van der Waals surface area contributed by atoms with Crippen molar-refractivity contribution in [2.75, 3.05) is 0 Å². The smallest absolute Gasteiger partial charge is 0.337 e. The van der Waals surface area contributed by atoms with Crippen LogP contribution in [-0.2, 0) is 9.59 Å². The monoisotopic (exact) mass is 300 g/mol. The van der Waals surface area contributed by atoms with E-state index in [1.54, 1.807) is 0 Å². The summed E-state index contributed by atoms with van der Waals surface area (Å²) in [6.45, 7) is 0. The van der Waals surface area contributed by atoms with Crippen LogP contribution in [0, 0.1) is 0 Å². The lowest BCUT2D eigenvalue weighted by Gasteiger charge is -2.12. The molecule has 0 saturated carbocycles. The summed E-state index contributed by atoms with van der Waals surface area (Å²) in [6, 6.07) is 11.0. The Labute approximate surface area is 125 Å². The van der Waals surface area contributed by atoms with E-state index in [-0.39, 0.29) is 22.6 Å². The van der Waals surface area contributed by atoms with Gasteiger partial charge in [0.25, 0.3) is 0 Å². The molecule has 0 heterocycles. The first-order valence-electron chi connectivity index (χ1n) is 6.21. The van der Waals surface area contributed by atoms with Crippen LogP contribution in [0.15, 0.2) is 48.5 Å². The van der Waals surface area contributed by atoms with Crippen LogP contribution >= 0.6 is 0 Å². The van der Waals surface area contributed by atoms with Crippen LogP contribution in [0.5, 0.6) is 11.5 Å². The number of phenolic OH excluding ortho intramolecular Hbond substituents is 2. The van der Waals surface area contributed by atoms with E-state index < -0.39 is 23.1 Å². The second-order valence-corrected chi connectivity index (χ2v) is 4.39. The third kappa shape index (κ3) is 2.76. The number of carbonyl (C=O) groups is 2. The lowest BCUT2D eigenvalue weighted by Crippen LogP contribution is -2.10. The number of hydrogen-bond acceptors (Lipinski definition) is 4. The minimum absolute atomic E-state index is 0.143. The molecule has 0 radical (unpaired) electrons. The standard InChI is InChI=1S/C16H12O6/c17-11-7-3-1-5-9(11)13(15(19)20)14(16(21)22)10-6-2-4-8-12(10)18/h1-8,17-18H,(H,19,20)(H,21,22)/b14-13-. The molecule has 112 valence electrons. The van der Waals surface area contributed by atoms with Crippen molar-refractivity contribution in [3.8, 4) is 11.5 Å². The predicted molar refractivity (Wildman–Crippen MR) is 78.3 cm³/mol. The van der Waals surface area contributed by atoms with Crippen LogP contribution in [-0.4, -0.2) is 32.4 Å². The number of carboxylic acids is 2. The van der Waals surface area contributed by atoms with Gasteiger partial charge in [0, 0.05) is 11.1 Å². The van der Waals surface area contributed by atoms with Crippen molar-refractivity contribution in [1.82, 2.24) is 0 Å². The summed E-state index contributed by atoms with van der Waals surface area (Å²) in [6.07, 6.45) is 0. The Hall–Kier alpha value is -3.28. The molecular weight excluding hydrogens is 288 g/mol. The molecule has 4 N–H and O–H groups in total. The number of carboxylic acid groups (broad SMARTS) is 2. The zero-order valence-electron chi connectivity index (χ0n) is 11.2. The van der Waals surface area contributed by atoms with Gasteiger partial charge < -0.3 is 20.4 Å². The maximum Gasteiger partial charge on any atom is 0.337 e. The third-order valence-electron chi connectivity index (χ3n) is 3.02. The zero-order chi connectivity index (χ0) is 16.3. The van der Waals surface area contributed by atoms with Gasteiger partial charge in [-0.3, -0.25) is 0 Å². The van der Waals surface area contributed by atoms with Gasteiger partial charge in [-0.2, -0.15) is 0 Å². The van der Waals surface area contributed by atoms with E-state index in [0.717, 1.165) is 0 Å². The molecule has 2 aromatic carbocycles. The molecule has 2 aromatic rings. The first-order valence-corrected chi connectivity index (χ1v) is 6.21. The van der Waals surface area contributed by atoms with Crippen LogP contribution in [0.25, 0.3) is 11.1 Å². The summed E-state index contributed by atoms with van der Waals surface area (Å²) in [4.78, 5) is 23.1. The Morgan fingerprint density at radius 1 is 0.636 bits per heavy atom. The number of aromatic hydroxyl groups is 2. The first-order chi connectivity index (χ1) is 10.4. The Morgan fingerprint density at radius 2 is 0.955 bits per heavy atom. The predicted octanol–water partition coefficient (Wildman–Crippen LogP) is 2.18.